The number of benzene rings is 2. The molecule has 1 heterocycles. The zero-order valence-corrected chi connectivity index (χ0v) is 16.3. The van der Waals surface area contributed by atoms with Crippen molar-refractivity contribution < 1.29 is 9.18 Å². The van der Waals surface area contributed by atoms with E-state index in [9.17, 15) is 14.0 Å². The molecule has 0 aliphatic carbocycles. The minimum Gasteiger partial charge on any atom is -0.351 e. The number of halogens is 1. The molecule has 28 heavy (non-hydrogen) atoms. The van der Waals surface area contributed by atoms with E-state index in [1.54, 1.807) is 30.3 Å². The fourth-order valence-electron chi connectivity index (χ4n) is 2.76. The maximum atomic E-state index is 13.5. The summed E-state index contributed by atoms with van der Waals surface area (Å²) in [6.45, 7) is 2.38. The molecule has 0 atom stereocenters. The molecule has 0 radical (unpaired) electrons. The standard InChI is InChI=1S/C22H21FN2O2S/c1-15-5-4-7-16(13-15)20-10-9-18(22(27)25-20)21(26)24-11-12-28-14-17-6-2-3-8-19(17)23/h2-10,13H,11-12,14H2,1H3,(H,24,26)(H,25,27). The first-order valence-corrected chi connectivity index (χ1v) is 10.1. The zero-order chi connectivity index (χ0) is 19.9. The number of carbonyl (C=O) groups is 1. The molecule has 4 nitrogen and oxygen atoms in total. The van der Waals surface area contributed by atoms with E-state index < -0.39 is 11.5 Å². The Morgan fingerprint density at radius 2 is 1.93 bits per heavy atom. The molecule has 0 bridgehead atoms. The highest BCUT2D eigenvalue weighted by Crippen LogP contribution is 2.17. The van der Waals surface area contributed by atoms with Crippen molar-refractivity contribution in [3.05, 3.63) is 93.5 Å². The third kappa shape index (κ3) is 5.10. The lowest BCUT2D eigenvalue weighted by molar-refractivity contribution is 0.0954. The predicted octanol–water partition coefficient (Wildman–Crippen LogP) is 4.15. The number of aromatic amines is 1. The van der Waals surface area contributed by atoms with Crippen LogP contribution < -0.4 is 10.9 Å². The van der Waals surface area contributed by atoms with Crippen LogP contribution in [0.25, 0.3) is 11.3 Å². The second-order valence-corrected chi connectivity index (χ2v) is 7.49. The molecule has 2 N–H and O–H groups in total. The van der Waals surface area contributed by atoms with Crippen LogP contribution in [0.1, 0.15) is 21.5 Å². The molecule has 3 rings (SSSR count). The maximum absolute atomic E-state index is 13.5. The average molecular weight is 396 g/mol. The van der Waals surface area contributed by atoms with Gasteiger partial charge in [-0.1, -0.05) is 42.0 Å². The number of carbonyl (C=O) groups excluding carboxylic acids is 1. The maximum Gasteiger partial charge on any atom is 0.261 e. The van der Waals surface area contributed by atoms with E-state index in [4.69, 9.17) is 0 Å². The van der Waals surface area contributed by atoms with Gasteiger partial charge < -0.3 is 10.3 Å². The second kappa shape index (κ2) is 9.37. The molecule has 0 unspecified atom stereocenters. The van der Waals surface area contributed by atoms with Crippen molar-refractivity contribution in [1.82, 2.24) is 10.3 Å². The summed E-state index contributed by atoms with van der Waals surface area (Å²) in [4.78, 5) is 27.3. The predicted molar refractivity (Wildman–Crippen MR) is 112 cm³/mol. The Morgan fingerprint density at radius 3 is 2.68 bits per heavy atom. The average Bonchev–Trinajstić information content (AvgIpc) is 2.69. The molecular formula is C22H21FN2O2S. The van der Waals surface area contributed by atoms with Crippen LogP contribution in [0.3, 0.4) is 0 Å². The van der Waals surface area contributed by atoms with Gasteiger partial charge in [-0.2, -0.15) is 11.8 Å². The van der Waals surface area contributed by atoms with Crippen molar-refractivity contribution in [3.63, 3.8) is 0 Å². The van der Waals surface area contributed by atoms with E-state index in [0.29, 0.717) is 29.3 Å². The molecular weight excluding hydrogens is 375 g/mol. The minimum absolute atomic E-state index is 0.0792. The lowest BCUT2D eigenvalue weighted by atomic mass is 10.1. The van der Waals surface area contributed by atoms with Gasteiger partial charge in [0.15, 0.2) is 0 Å². The van der Waals surface area contributed by atoms with E-state index in [2.05, 4.69) is 10.3 Å². The summed E-state index contributed by atoms with van der Waals surface area (Å²) in [7, 11) is 0. The smallest absolute Gasteiger partial charge is 0.261 e. The van der Waals surface area contributed by atoms with Gasteiger partial charge in [-0.25, -0.2) is 4.39 Å². The Kier molecular flexibility index (Phi) is 6.66. The number of aromatic nitrogens is 1. The van der Waals surface area contributed by atoms with Gasteiger partial charge in [0.05, 0.1) is 0 Å². The van der Waals surface area contributed by atoms with Crippen LogP contribution in [0.15, 0.2) is 65.5 Å². The molecule has 2 aromatic carbocycles. The van der Waals surface area contributed by atoms with Crippen LogP contribution in [-0.4, -0.2) is 23.2 Å². The van der Waals surface area contributed by atoms with Crippen LogP contribution in [-0.2, 0) is 5.75 Å². The van der Waals surface area contributed by atoms with Crippen molar-refractivity contribution in [2.75, 3.05) is 12.3 Å². The zero-order valence-electron chi connectivity index (χ0n) is 15.5. The third-order valence-electron chi connectivity index (χ3n) is 4.23. The summed E-state index contributed by atoms with van der Waals surface area (Å²) in [5, 5.41) is 2.74. The second-order valence-electron chi connectivity index (χ2n) is 6.38. The molecule has 0 spiro atoms. The van der Waals surface area contributed by atoms with Crippen LogP contribution in [0.5, 0.6) is 0 Å². The lowest BCUT2D eigenvalue weighted by Gasteiger charge is -2.07. The van der Waals surface area contributed by atoms with Crippen LogP contribution in [0.4, 0.5) is 4.39 Å². The number of thioether (sulfide) groups is 1. The van der Waals surface area contributed by atoms with E-state index in [-0.39, 0.29) is 11.4 Å². The first kappa shape index (κ1) is 19.9. The Balaban J connectivity index is 1.53. The van der Waals surface area contributed by atoms with Crippen LogP contribution in [0.2, 0.25) is 0 Å². The summed E-state index contributed by atoms with van der Waals surface area (Å²) in [5.41, 5.74) is 2.96. The summed E-state index contributed by atoms with van der Waals surface area (Å²) in [5.74, 6) is 0.524. The first-order chi connectivity index (χ1) is 13.5. The summed E-state index contributed by atoms with van der Waals surface area (Å²) in [6, 6.07) is 17.7. The molecule has 1 aromatic heterocycles. The van der Waals surface area contributed by atoms with Crippen LogP contribution in [0, 0.1) is 12.7 Å². The lowest BCUT2D eigenvalue weighted by Crippen LogP contribution is -2.31. The van der Waals surface area contributed by atoms with Gasteiger partial charge >= 0.3 is 0 Å². The van der Waals surface area contributed by atoms with Gasteiger partial charge in [-0.3, -0.25) is 9.59 Å². The number of pyridine rings is 1. The van der Waals surface area contributed by atoms with E-state index in [1.807, 2.05) is 31.2 Å². The Hall–Kier alpha value is -2.86. The monoisotopic (exact) mass is 396 g/mol. The summed E-state index contributed by atoms with van der Waals surface area (Å²) < 4.78 is 13.5. The highest BCUT2D eigenvalue weighted by molar-refractivity contribution is 7.98. The Morgan fingerprint density at radius 1 is 1.11 bits per heavy atom. The van der Waals surface area contributed by atoms with Gasteiger partial charge in [-0.15, -0.1) is 0 Å². The molecule has 0 saturated heterocycles. The van der Waals surface area contributed by atoms with E-state index in [1.165, 1.54) is 17.8 Å². The largest absolute Gasteiger partial charge is 0.351 e. The van der Waals surface area contributed by atoms with Gasteiger partial charge in [0.2, 0.25) is 0 Å². The topological polar surface area (TPSA) is 62.0 Å². The number of rotatable bonds is 7. The normalized spacial score (nSPS) is 10.6. The molecule has 0 saturated carbocycles. The van der Waals surface area contributed by atoms with Crippen LogP contribution >= 0.6 is 11.8 Å². The number of hydrogen-bond donors (Lipinski definition) is 2. The number of nitrogens with one attached hydrogen (secondary N) is 2. The van der Waals surface area contributed by atoms with Gasteiger partial charge in [-0.05, 0) is 42.3 Å². The molecule has 144 valence electrons. The fraction of sp³-hybridized carbons (Fsp3) is 0.182. The van der Waals surface area contributed by atoms with Crippen molar-refractivity contribution in [3.8, 4) is 11.3 Å². The molecule has 6 heteroatoms. The van der Waals surface area contributed by atoms with Crippen molar-refractivity contribution in [2.24, 2.45) is 0 Å². The van der Waals surface area contributed by atoms with Gasteiger partial charge in [0, 0.05) is 23.7 Å². The first-order valence-electron chi connectivity index (χ1n) is 8.94. The summed E-state index contributed by atoms with van der Waals surface area (Å²) in [6.07, 6.45) is 0. The molecule has 0 aliphatic heterocycles. The molecule has 0 fully saturated rings. The molecule has 0 aliphatic rings. The minimum atomic E-state index is -0.421. The summed E-state index contributed by atoms with van der Waals surface area (Å²) >= 11 is 1.52. The quantitative estimate of drug-likeness (QED) is 0.590. The fourth-order valence-corrected chi connectivity index (χ4v) is 3.61. The molecule has 3 aromatic rings. The highest BCUT2D eigenvalue weighted by atomic mass is 32.2. The van der Waals surface area contributed by atoms with E-state index >= 15 is 0 Å². The highest BCUT2D eigenvalue weighted by Gasteiger charge is 2.11. The molecule has 1 amide bonds. The number of hydrogen-bond acceptors (Lipinski definition) is 3. The number of amides is 1. The number of aryl methyl sites for hydroxylation is 1. The number of H-pyrrole nitrogens is 1. The SMILES string of the molecule is Cc1cccc(-c2ccc(C(=O)NCCSCc3ccccc3F)c(=O)[nH]2)c1. The van der Waals surface area contributed by atoms with Crippen molar-refractivity contribution in [1.29, 1.82) is 0 Å². The Labute approximate surface area is 167 Å². The third-order valence-corrected chi connectivity index (χ3v) is 5.24. The van der Waals surface area contributed by atoms with Gasteiger partial charge in [0.1, 0.15) is 11.4 Å². The van der Waals surface area contributed by atoms with Crippen molar-refractivity contribution >= 4 is 17.7 Å². The van der Waals surface area contributed by atoms with Crippen molar-refractivity contribution in [2.45, 2.75) is 12.7 Å². The van der Waals surface area contributed by atoms with E-state index in [0.717, 1.165) is 11.1 Å². The Bertz CT molecular complexity index is 1030. The van der Waals surface area contributed by atoms with Gasteiger partial charge in [0.25, 0.3) is 11.5 Å².